The predicted molar refractivity (Wildman–Crippen MR) is 83.4 cm³/mol. The topological polar surface area (TPSA) is 52.6 Å². The minimum absolute atomic E-state index is 0.0548. The fraction of sp³-hybridized carbons (Fsp3) is 0.444. The van der Waals surface area contributed by atoms with Crippen molar-refractivity contribution in [1.82, 2.24) is 0 Å². The first kappa shape index (κ1) is 16.3. The maximum atomic E-state index is 12.3. The summed E-state index contributed by atoms with van der Waals surface area (Å²) in [4.78, 5) is 24.1. The Hall–Kier alpha value is -2.10. The molecule has 1 aromatic carbocycles. The summed E-state index contributed by atoms with van der Waals surface area (Å²) in [6.45, 7) is 6.14. The first-order valence-electron chi connectivity index (χ1n) is 7.71. The second-order valence-electron chi connectivity index (χ2n) is 5.37. The molecule has 0 amide bonds. The molecule has 0 aromatic heterocycles. The van der Waals surface area contributed by atoms with Crippen LogP contribution in [0.5, 0.6) is 0 Å². The molecule has 1 aromatic rings. The SMILES string of the molecule is CCOC(=O)/C=C(\C(=O)OCC)[C@@H]1Cc2ccccc2[C@H]1C. The summed E-state index contributed by atoms with van der Waals surface area (Å²) in [5, 5.41) is 0. The zero-order chi connectivity index (χ0) is 16.1. The number of hydrogen-bond acceptors (Lipinski definition) is 4. The molecule has 1 aliphatic carbocycles. The number of esters is 2. The van der Waals surface area contributed by atoms with E-state index >= 15 is 0 Å². The van der Waals surface area contributed by atoms with Gasteiger partial charge in [-0.2, -0.15) is 0 Å². The van der Waals surface area contributed by atoms with Crippen molar-refractivity contribution in [3.63, 3.8) is 0 Å². The third kappa shape index (κ3) is 3.38. The Labute approximate surface area is 131 Å². The van der Waals surface area contributed by atoms with Gasteiger partial charge in [0.1, 0.15) is 0 Å². The average Bonchev–Trinajstić information content (AvgIpc) is 2.83. The van der Waals surface area contributed by atoms with Crippen molar-refractivity contribution < 1.29 is 19.1 Å². The van der Waals surface area contributed by atoms with Crippen molar-refractivity contribution in [3.8, 4) is 0 Å². The van der Waals surface area contributed by atoms with E-state index in [1.165, 1.54) is 17.2 Å². The number of fused-ring (bicyclic) bond motifs is 1. The smallest absolute Gasteiger partial charge is 0.334 e. The normalized spacial score (nSPS) is 20.4. The number of rotatable bonds is 5. The Morgan fingerprint density at radius 3 is 2.50 bits per heavy atom. The van der Waals surface area contributed by atoms with Crippen LogP contribution in [0.3, 0.4) is 0 Å². The molecule has 0 unspecified atom stereocenters. The summed E-state index contributed by atoms with van der Waals surface area (Å²) in [6, 6.07) is 8.13. The van der Waals surface area contributed by atoms with Crippen LogP contribution in [0.15, 0.2) is 35.9 Å². The van der Waals surface area contributed by atoms with Crippen LogP contribution in [-0.2, 0) is 25.5 Å². The van der Waals surface area contributed by atoms with Gasteiger partial charge in [-0.15, -0.1) is 0 Å². The zero-order valence-corrected chi connectivity index (χ0v) is 13.3. The number of ether oxygens (including phenoxy) is 2. The van der Waals surface area contributed by atoms with Gasteiger partial charge in [-0.25, -0.2) is 9.59 Å². The molecule has 2 atom stereocenters. The predicted octanol–water partition coefficient (Wildman–Crippen LogP) is 3.02. The van der Waals surface area contributed by atoms with E-state index in [0.29, 0.717) is 5.57 Å². The highest BCUT2D eigenvalue weighted by Gasteiger charge is 2.35. The molecule has 2 rings (SSSR count). The summed E-state index contributed by atoms with van der Waals surface area (Å²) in [6.07, 6.45) is 2.04. The number of benzene rings is 1. The van der Waals surface area contributed by atoms with E-state index in [0.717, 1.165) is 6.42 Å². The zero-order valence-electron chi connectivity index (χ0n) is 13.3. The molecular formula is C18H22O4. The van der Waals surface area contributed by atoms with Crippen LogP contribution in [0, 0.1) is 5.92 Å². The van der Waals surface area contributed by atoms with Crippen LogP contribution in [0.4, 0.5) is 0 Å². The number of carbonyl (C=O) groups is 2. The minimum atomic E-state index is -0.492. The molecule has 0 N–H and O–H groups in total. The molecule has 0 fully saturated rings. The van der Waals surface area contributed by atoms with E-state index in [9.17, 15) is 9.59 Å². The van der Waals surface area contributed by atoms with E-state index in [1.54, 1.807) is 13.8 Å². The highest BCUT2D eigenvalue weighted by Crippen LogP contribution is 2.41. The number of carbonyl (C=O) groups excluding carboxylic acids is 2. The van der Waals surface area contributed by atoms with Crippen molar-refractivity contribution in [2.75, 3.05) is 13.2 Å². The van der Waals surface area contributed by atoms with Gasteiger partial charge in [-0.05, 0) is 37.3 Å². The van der Waals surface area contributed by atoms with Crippen molar-refractivity contribution in [1.29, 1.82) is 0 Å². The van der Waals surface area contributed by atoms with Crippen LogP contribution in [0.25, 0.3) is 0 Å². The van der Waals surface area contributed by atoms with Crippen LogP contribution in [-0.4, -0.2) is 25.2 Å². The van der Waals surface area contributed by atoms with Gasteiger partial charge in [0.2, 0.25) is 0 Å². The molecule has 0 bridgehead atoms. The summed E-state index contributed by atoms with van der Waals surface area (Å²) in [5.41, 5.74) is 2.86. The van der Waals surface area contributed by atoms with E-state index in [4.69, 9.17) is 9.47 Å². The molecule has 0 spiro atoms. The molecule has 0 heterocycles. The lowest BCUT2D eigenvalue weighted by Crippen LogP contribution is -2.20. The Bertz CT molecular complexity index is 589. The van der Waals surface area contributed by atoms with Gasteiger partial charge < -0.3 is 9.47 Å². The maximum absolute atomic E-state index is 12.3. The second-order valence-corrected chi connectivity index (χ2v) is 5.37. The van der Waals surface area contributed by atoms with Crippen molar-refractivity contribution in [2.24, 2.45) is 5.92 Å². The molecule has 22 heavy (non-hydrogen) atoms. The largest absolute Gasteiger partial charge is 0.463 e. The van der Waals surface area contributed by atoms with Crippen LogP contribution in [0.2, 0.25) is 0 Å². The first-order chi connectivity index (χ1) is 10.6. The molecule has 0 radical (unpaired) electrons. The fourth-order valence-electron chi connectivity index (χ4n) is 3.02. The van der Waals surface area contributed by atoms with E-state index in [2.05, 4.69) is 19.1 Å². The maximum Gasteiger partial charge on any atom is 0.334 e. The molecule has 0 saturated heterocycles. The molecular weight excluding hydrogens is 280 g/mol. The lowest BCUT2D eigenvalue weighted by atomic mass is 9.87. The van der Waals surface area contributed by atoms with Gasteiger partial charge >= 0.3 is 11.9 Å². The molecule has 4 nitrogen and oxygen atoms in total. The van der Waals surface area contributed by atoms with Gasteiger partial charge in [0.05, 0.1) is 13.2 Å². The van der Waals surface area contributed by atoms with Crippen LogP contribution >= 0.6 is 0 Å². The van der Waals surface area contributed by atoms with Crippen molar-refractivity contribution in [3.05, 3.63) is 47.0 Å². The molecule has 0 saturated carbocycles. The summed E-state index contributed by atoms with van der Waals surface area (Å²) in [7, 11) is 0. The third-order valence-electron chi connectivity index (χ3n) is 4.06. The highest BCUT2D eigenvalue weighted by molar-refractivity contribution is 5.97. The lowest BCUT2D eigenvalue weighted by molar-refractivity contribution is -0.141. The average molecular weight is 302 g/mol. The van der Waals surface area contributed by atoms with Gasteiger partial charge in [0, 0.05) is 17.6 Å². The van der Waals surface area contributed by atoms with Gasteiger partial charge in [0.25, 0.3) is 0 Å². The monoisotopic (exact) mass is 302 g/mol. The van der Waals surface area contributed by atoms with Crippen LogP contribution in [0.1, 0.15) is 37.8 Å². The van der Waals surface area contributed by atoms with Gasteiger partial charge in [0.15, 0.2) is 0 Å². The standard InChI is InChI=1S/C18H22O4/c1-4-21-17(19)11-16(18(20)22-5-2)15-10-13-8-6-7-9-14(13)12(15)3/h6-9,11-12,15H,4-5,10H2,1-3H3/b16-11-/t12-,15-/m1/s1. The molecule has 118 valence electrons. The first-order valence-corrected chi connectivity index (χ1v) is 7.71. The van der Waals surface area contributed by atoms with Gasteiger partial charge in [-0.3, -0.25) is 0 Å². The van der Waals surface area contributed by atoms with Crippen LogP contribution < -0.4 is 0 Å². The van der Waals surface area contributed by atoms with E-state index < -0.39 is 11.9 Å². The Kier molecular flexibility index (Phi) is 5.36. The molecule has 1 aliphatic rings. The Balaban J connectivity index is 2.31. The van der Waals surface area contributed by atoms with Crippen molar-refractivity contribution >= 4 is 11.9 Å². The second kappa shape index (κ2) is 7.25. The Morgan fingerprint density at radius 2 is 1.86 bits per heavy atom. The van der Waals surface area contributed by atoms with Crippen molar-refractivity contribution in [2.45, 2.75) is 33.1 Å². The fourth-order valence-corrected chi connectivity index (χ4v) is 3.02. The van der Waals surface area contributed by atoms with Gasteiger partial charge in [-0.1, -0.05) is 31.2 Å². The summed E-state index contributed by atoms with van der Waals surface area (Å²) < 4.78 is 10.1. The minimum Gasteiger partial charge on any atom is -0.463 e. The van der Waals surface area contributed by atoms with E-state index in [1.807, 2.05) is 12.1 Å². The summed E-state index contributed by atoms with van der Waals surface area (Å²) in [5.74, 6) is -0.809. The highest BCUT2D eigenvalue weighted by atomic mass is 16.5. The van der Waals surface area contributed by atoms with E-state index in [-0.39, 0.29) is 25.0 Å². The quantitative estimate of drug-likeness (QED) is 0.620. The number of hydrogen-bond donors (Lipinski definition) is 0. The summed E-state index contributed by atoms with van der Waals surface area (Å²) >= 11 is 0. The Morgan fingerprint density at radius 1 is 1.18 bits per heavy atom. The molecule has 0 aliphatic heterocycles. The lowest BCUT2D eigenvalue weighted by Gasteiger charge is -2.18. The third-order valence-corrected chi connectivity index (χ3v) is 4.06. The molecule has 4 heteroatoms.